The summed E-state index contributed by atoms with van der Waals surface area (Å²) in [5.41, 5.74) is 10.3. The minimum atomic E-state index is -0.642. The van der Waals surface area contributed by atoms with Crippen LogP contribution in [-0.4, -0.2) is 37.5 Å². The molecule has 92 valence electrons. The van der Waals surface area contributed by atoms with Crippen LogP contribution in [0.5, 0.6) is 0 Å². The number of guanidine groups is 1. The van der Waals surface area contributed by atoms with Gasteiger partial charge >= 0.3 is 5.97 Å². The average molecular weight is 230 g/mol. The van der Waals surface area contributed by atoms with Crippen LogP contribution in [0.1, 0.15) is 19.8 Å². The van der Waals surface area contributed by atoms with E-state index in [1.165, 1.54) is 14.0 Å². The fourth-order valence-electron chi connectivity index (χ4n) is 1.14. The molecule has 0 spiro atoms. The van der Waals surface area contributed by atoms with E-state index in [4.69, 9.17) is 11.5 Å². The molecular weight excluding hydrogens is 212 g/mol. The maximum Gasteiger partial charge on any atom is 0.328 e. The molecule has 0 aliphatic rings. The molecule has 16 heavy (non-hydrogen) atoms. The zero-order valence-electron chi connectivity index (χ0n) is 9.53. The smallest absolute Gasteiger partial charge is 0.328 e. The van der Waals surface area contributed by atoms with Gasteiger partial charge in [0, 0.05) is 13.5 Å². The van der Waals surface area contributed by atoms with E-state index in [1.807, 2.05) is 0 Å². The topological polar surface area (TPSA) is 120 Å². The van der Waals surface area contributed by atoms with E-state index in [0.717, 1.165) is 0 Å². The summed E-state index contributed by atoms with van der Waals surface area (Å²) < 4.78 is 4.55. The maximum absolute atomic E-state index is 11.3. The van der Waals surface area contributed by atoms with Crippen LogP contribution in [0.4, 0.5) is 0 Å². The molecule has 0 bridgehead atoms. The molecule has 1 atom stereocenters. The number of nitrogens with one attached hydrogen (secondary N) is 1. The van der Waals surface area contributed by atoms with E-state index in [2.05, 4.69) is 15.0 Å². The van der Waals surface area contributed by atoms with Gasteiger partial charge in [0.1, 0.15) is 6.04 Å². The molecule has 0 aromatic carbocycles. The van der Waals surface area contributed by atoms with Gasteiger partial charge in [-0.3, -0.25) is 9.79 Å². The van der Waals surface area contributed by atoms with Crippen LogP contribution >= 0.6 is 0 Å². The largest absolute Gasteiger partial charge is 0.467 e. The molecule has 0 heterocycles. The highest BCUT2D eigenvalue weighted by molar-refractivity contribution is 5.83. The predicted octanol–water partition coefficient (Wildman–Crippen LogP) is -1.28. The van der Waals surface area contributed by atoms with Crippen molar-refractivity contribution in [1.82, 2.24) is 5.32 Å². The van der Waals surface area contributed by atoms with Gasteiger partial charge in [0.2, 0.25) is 5.91 Å². The monoisotopic (exact) mass is 230 g/mol. The summed E-state index contributed by atoms with van der Waals surface area (Å²) in [6.07, 6.45) is 1.01. The second kappa shape index (κ2) is 7.49. The molecule has 0 fully saturated rings. The number of rotatable bonds is 6. The minimum Gasteiger partial charge on any atom is -0.467 e. The second-order valence-electron chi connectivity index (χ2n) is 3.23. The summed E-state index contributed by atoms with van der Waals surface area (Å²) in [5.74, 6) is -0.744. The van der Waals surface area contributed by atoms with Gasteiger partial charge in [0.25, 0.3) is 0 Å². The molecule has 0 unspecified atom stereocenters. The van der Waals surface area contributed by atoms with Gasteiger partial charge in [-0.25, -0.2) is 4.79 Å². The first-order valence-corrected chi connectivity index (χ1v) is 4.87. The van der Waals surface area contributed by atoms with Crippen molar-refractivity contribution in [2.45, 2.75) is 25.8 Å². The zero-order valence-corrected chi connectivity index (χ0v) is 9.53. The molecule has 0 saturated carbocycles. The van der Waals surface area contributed by atoms with Crippen molar-refractivity contribution in [2.75, 3.05) is 13.7 Å². The lowest BCUT2D eigenvalue weighted by Gasteiger charge is -2.14. The highest BCUT2D eigenvalue weighted by Crippen LogP contribution is 2.00. The molecule has 0 aromatic rings. The van der Waals surface area contributed by atoms with Crippen LogP contribution in [0.25, 0.3) is 0 Å². The van der Waals surface area contributed by atoms with Crippen LogP contribution < -0.4 is 16.8 Å². The van der Waals surface area contributed by atoms with E-state index in [1.54, 1.807) is 0 Å². The summed E-state index contributed by atoms with van der Waals surface area (Å²) in [7, 11) is 1.27. The van der Waals surface area contributed by atoms with E-state index >= 15 is 0 Å². The average Bonchev–Trinajstić information content (AvgIpc) is 2.20. The molecule has 0 saturated heterocycles. The number of carbonyl (C=O) groups excluding carboxylic acids is 2. The molecule has 1 amide bonds. The van der Waals surface area contributed by atoms with Crippen molar-refractivity contribution in [3.8, 4) is 0 Å². The summed E-state index contributed by atoms with van der Waals surface area (Å²) in [6.45, 7) is 1.75. The number of esters is 1. The van der Waals surface area contributed by atoms with Crippen LogP contribution in [0, 0.1) is 0 Å². The first-order chi connectivity index (χ1) is 7.47. The Morgan fingerprint density at radius 2 is 2.06 bits per heavy atom. The molecule has 0 aliphatic heterocycles. The summed E-state index contributed by atoms with van der Waals surface area (Å²) in [6, 6.07) is -0.642. The lowest BCUT2D eigenvalue weighted by molar-refractivity contribution is -0.145. The van der Waals surface area contributed by atoms with Crippen molar-refractivity contribution in [3.05, 3.63) is 0 Å². The molecule has 7 nitrogen and oxygen atoms in total. The van der Waals surface area contributed by atoms with Gasteiger partial charge in [-0.1, -0.05) is 0 Å². The molecule has 5 N–H and O–H groups in total. The van der Waals surface area contributed by atoms with Gasteiger partial charge < -0.3 is 21.5 Å². The van der Waals surface area contributed by atoms with Crippen molar-refractivity contribution in [1.29, 1.82) is 0 Å². The molecular formula is C9H18N4O3. The number of nitrogens with zero attached hydrogens (tertiary/aromatic N) is 1. The lowest BCUT2D eigenvalue weighted by atomic mass is 10.1. The first-order valence-electron chi connectivity index (χ1n) is 4.87. The number of methoxy groups -OCH3 is 1. The molecule has 0 radical (unpaired) electrons. The summed E-state index contributed by atoms with van der Waals surface area (Å²) in [4.78, 5) is 25.9. The van der Waals surface area contributed by atoms with Crippen LogP contribution in [0.15, 0.2) is 4.99 Å². The van der Waals surface area contributed by atoms with E-state index < -0.39 is 12.0 Å². The fourth-order valence-corrected chi connectivity index (χ4v) is 1.14. The van der Waals surface area contributed by atoms with Gasteiger partial charge in [0.15, 0.2) is 5.96 Å². The standard InChI is InChI=1S/C9H18N4O3/c1-6(14)13-7(8(15)16-2)4-3-5-12-9(10)11/h7H,3-5H2,1-2H3,(H,13,14)(H4,10,11,12)/t7-/m0/s1. The Bertz CT molecular complexity index is 274. The number of nitrogens with two attached hydrogens (primary N) is 2. The van der Waals surface area contributed by atoms with Crippen LogP contribution in [0.3, 0.4) is 0 Å². The Labute approximate surface area is 94.2 Å². The Morgan fingerprint density at radius 1 is 1.44 bits per heavy atom. The quantitative estimate of drug-likeness (QED) is 0.227. The summed E-state index contributed by atoms with van der Waals surface area (Å²) >= 11 is 0. The Balaban J connectivity index is 4.07. The number of amides is 1. The number of aliphatic imine (C=N–C) groups is 1. The third-order valence-corrected chi connectivity index (χ3v) is 1.81. The van der Waals surface area contributed by atoms with E-state index in [9.17, 15) is 9.59 Å². The normalized spacial score (nSPS) is 11.4. The van der Waals surface area contributed by atoms with Crippen molar-refractivity contribution < 1.29 is 14.3 Å². The predicted molar refractivity (Wildman–Crippen MR) is 59.5 cm³/mol. The number of hydrogen-bond acceptors (Lipinski definition) is 4. The van der Waals surface area contributed by atoms with Crippen molar-refractivity contribution in [3.63, 3.8) is 0 Å². The van der Waals surface area contributed by atoms with Crippen LogP contribution in [-0.2, 0) is 14.3 Å². The van der Waals surface area contributed by atoms with Gasteiger partial charge in [-0.05, 0) is 12.8 Å². The lowest BCUT2D eigenvalue weighted by Crippen LogP contribution is -2.40. The Kier molecular flexibility index (Phi) is 6.66. The zero-order chi connectivity index (χ0) is 12.6. The highest BCUT2D eigenvalue weighted by Gasteiger charge is 2.19. The van der Waals surface area contributed by atoms with Crippen LogP contribution in [0.2, 0.25) is 0 Å². The third-order valence-electron chi connectivity index (χ3n) is 1.81. The summed E-state index contributed by atoms with van der Waals surface area (Å²) in [5, 5.41) is 2.49. The SMILES string of the molecule is COC(=O)[C@H](CCCN=C(N)N)NC(C)=O. The van der Waals surface area contributed by atoms with Gasteiger partial charge in [0.05, 0.1) is 7.11 Å². The number of ether oxygens (including phenoxy) is 1. The fraction of sp³-hybridized carbons (Fsp3) is 0.667. The molecule has 0 aliphatic carbocycles. The highest BCUT2D eigenvalue weighted by atomic mass is 16.5. The Hall–Kier alpha value is -1.79. The van der Waals surface area contributed by atoms with Crippen molar-refractivity contribution in [2.24, 2.45) is 16.5 Å². The number of hydrogen-bond donors (Lipinski definition) is 3. The van der Waals surface area contributed by atoms with E-state index in [-0.39, 0.29) is 11.9 Å². The van der Waals surface area contributed by atoms with E-state index in [0.29, 0.717) is 19.4 Å². The minimum absolute atomic E-state index is 0.00847. The second-order valence-corrected chi connectivity index (χ2v) is 3.23. The third kappa shape index (κ3) is 6.63. The van der Waals surface area contributed by atoms with Gasteiger partial charge in [-0.15, -0.1) is 0 Å². The first kappa shape index (κ1) is 14.2. The van der Waals surface area contributed by atoms with Gasteiger partial charge in [-0.2, -0.15) is 0 Å². The molecule has 0 aromatic heterocycles. The number of carbonyl (C=O) groups is 2. The van der Waals surface area contributed by atoms with Crippen molar-refractivity contribution >= 4 is 17.8 Å². The molecule has 0 rings (SSSR count). The molecule has 7 heteroatoms. The maximum atomic E-state index is 11.3. The Morgan fingerprint density at radius 3 is 2.50 bits per heavy atom.